The van der Waals surface area contributed by atoms with Gasteiger partial charge in [0.2, 0.25) is 0 Å². The average molecular weight is 269 g/mol. The fourth-order valence-electron chi connectivity index (χ4n) is 2.48. The maximum absolute atomic E-state index is 12.2. The summed E-state index contributed by atoms with van der Waals surface area (Å²) in [4.78, 5) is 24.0. The molecule has 4 heteroatoms. The summed E-state index contributed by atoms with van der Waals surface area (Å²) in [6.45, 7) is 8.12. The standard InChI is InChI=1S/C15H27NO3/c1-10(2)9-19-15(18)16-13(14(17)11(3)4)12-7-5-6-8-12/h10-13H,5-9H2,1-4H3,(H,16,18). The molecule has 1 atom stereocenters. The summed E-state index contributed by atoms with van der Waals surface area (Å²) in [7, 11) is 0. The van der Waals surface area contributed by atoms with Gasteiger partial charge >= 0.3 is 6.09 Å². The lowest BCUT2D eigenvalue weighted by molar-refractivity contribution is -0.125. The van der Waals surface area contributed by atoms with E-state index in [1.54, 1.807) is 0 Å². The zero-order valence-corrected chi connectivity index (χ0v) is 12.6. The highest BCUT2D eigenvalue weighted by atomic mass is 16.5. The number of carbonyl (C=O) groups is 2. The number of hydrogen-bond donors (Lipinski definition) is 1. The van der Waals surface area contributed by atoms with Crippen LogP contribution < -0.4 is 5.32 Å². The Labute approximate surface area is 116 Å². The lowest BCUT2D eigenvalue weighted by Crippen LogP contribution is -2.47. The highest BCUT2D eigenvalue weighted by molar-refractivity contribution is 5.89. The molecular weight excluding hydrogens is 242 g/mol. The highest BCUT2D eigenvalue weighted by Gasteiger charge is 2.33. The van der Waals surface area contributed by atoms with Gasteiger partial charge in [-0.2, -0.15) is 0 Å². The maximum Gasteiger partial charge on any atom is 0.407 e. The van der Waals surface area contributed by atoms with E-state index in [-0.39, 0.29) is 23.7 Å². The van der Waals surface area contributed by atoms with Gasteiger partial charge in [-0.1, -0.05) is 40.5 Å². The van der Waals surface area contributed by atoms with E-state index in [1.165, 1.54) is 0 Å². The van der Waals surface area contributed by atoms with Crippen LogP contribution in [0.4, 0.5) is 4.79 Å². The Morgan fingerprint density at radius 2 is 1.74 bits per heavy atom. The predicted octanol–water partition coefficient (Wildman–Crippen LogP) is 3.15. The molecule has 1 saturated carbocycles. The van der Waals surface area contributed by atoms with Crippen LogP contribution in [0.15, 0.2) is 0 Å². The molecule has 0 aliphatic heterocycles. The summed E-state index contributed by atoms with van der Waals surface area (Å²) in [5.41, 5.74) is 0. The summed E-state index contributed by atoms with van der Waals surface area (Å²) in [5.74, 6) is 0.641. The van der Waals surface area contributed by atoms with Gasteiger partial charge in [0.1, 0.15) is 0 Å². The van der Waals surface area contributed by atoms with E-state index in [9.17, 15) is 9.59 Å². The number of rotatable bonds is 6. The molecule has 1 aliphatic rings. The molecule has 1 N–H and O–H groups in total. The largest absolute Gasteiger partial charge is 0.449 e. The Kier molecular flexibility index (Phi) is 6.32. The lowest BCUT2D eigenvalue weighted by atomic mass is 9.89. The third-order valence-electron chi connectivity index (χ3n) is 3.57. The monoisotopic (exact) mass is 269 g/mol. The first-order valence-corrected chi connectivity index (χ1v) is 7.38. The fraction of sp³-hybridized carbons (Fsp3) is 0.867. The molecule has 19 heavy (non-hydrogen) atoms. The lowest BCUT2D eigenvalue weighted by Gasteiger charge is -2.25. The average Bonchev–Trinajstić information content (AvgIpc) is 2.86. The second-order valence-electron chi connectivity index (χ2n) is 6.22. The highest BCUT2D eigenvalue weighted by Crippen LogP contribution is 2.29. The molecule has 0 aromatic rings. The van der Waals surface area contributed by atoms with Crippen LogP contribution in [0.2, 0.25) is 0 Å². The van der Waals surface area contributed by atoms with Crippen LogP contribution in [-0.2, 0) is 9.53 Å². The minimum atomic E-state index is -0.459. The number of hydrogen-bond acceptors (Lipinski definition) is 3. The van der Waals surface area contributed by atoms with Gasteiger partial charge in [-0.3, -0.25) is 4.79 Å². The number of nitrogens with one attached hydrogen (secondary N) is 1. The number of carbonyl (C=O) groups excluding carboxylic acids is 2. The molecule has 4 nitrogen and oxygen atoms in total. The fourth-order valence-corrected chi connectivity index (χ4v) is 2.48. The first kappa shape index (κ1) is 16.0. The minimum absolute atomic E-state index is 0.0593. The van der Waals surface area contributed by atoms with Crippen molar-refractivity contribution in [3.63, 3.8) is 0 Å². The molecule has 0 bridgehead atoms. The van der Waals surface area contributed by atoms with Crippen molar-refractivity contribution >= 4 is 11.9 Å². The molecule has 0 aromatic heterocycles. The third-order valence-corrected chi connectivity index (χ3v) is 3.57. The summed E-state index contributed by atoms with van der Waals surface area (Å²) in [5, 5.41) is 2.78. The van der Waals surface area contributed by atoms with Crippen LogP contribution in [0.25, 0.3) is 0 Å². The summed E-state index contributed by atoms with van der Waals surface area (Å²) in [6, 6.07) is -0.373. The summed E-state index contributed by atoms with van der Waals surface area (Å²) in [6.07, 6.45) is 3.88. The van der Waals surface area contributed by atoms with Crippen molar-refractivity contribution < 1.29 is 14.3 Å². The van der Waals surface area contributed by atoms with Gasteiger partial charge in [0.25, 0.3) is 0 Å². The second-order valence-corrected chi connectivity index (χ2v) is 6.22. The second kappa shape index (κ2) is 7.51. The normalized spacial score (nSPS) is 17.8. The third kappa shape index (κ3) is 5.21. The molecule has 0 spiro atoms. The molecule has 1 unspecified atom stereocenters. The molecule has 0 radical (unpaired) electrons. The smallest absolute Gasteiger partial charge is 0.407 e. The quantitative estimate of drug-likeness (QED) is 0.806. The Morgan fingerprint density at radius 3 is 2.21 bits per heavy atom. The zero-order valence-electron chi connectivity index (χ0n) is 12.6. The van der Waals surface area contributed by atoms with Gasteiger partial charge in [-0.05, 0) is 24.7 Å². The number of alkyl carbamates (subject to hydrolysis) is 1. The van der Waals surface area contributed by atoms with Crippen LogP contribution in [0.1, 0.15) is 53.4 Å². The molecule has 1 amide bonds. The van der Waals surface area contributed by atoms with Crippen molar-refractivity contribution in [1.29, 1.82) is 0 Å². The molecule has 0 heterocycles. The molecule has 0 aromatic carbocycles. The molecule has 1 aliphatic carbocycles. The van der Waals surface area contributed by atoms with E-state index in [1.807, 2.05) is 27.7 Å². The molecule has 0 saturated heterocycles. The van der Waals surface area contributed by atoms with Crippen molar-refractivity contribution in [3.8, 4) is 0 Å². The molecule has 1 fully saturated rings. The van der Waals surface area contributed by atoms with E-state index >= 15 is 0 Å². The van der Waals surface area contributed by atoms with Crippen LogP contribution in [-0.4, -0.2) is 24.5 Å². The maximum atomic E-state index is 12.2. The van der Waals surface area contributed by atoms with Crippen LogP contribution >= 0.6 is 0 Å². The van der Waals surface area contributed by atoms with Crippen LogP contribution in [0.3, 0.4) is 0 Å². The van der Waals surface area contributed by atoms with E-state index in [4.69, 9.17) is 4.74 Å². The first-order valence-electron chi connectivity index (χ1n) is 7.38. The van der Waals surface area contributed by atoms with Crippen molar-refractivity contribution in [1.82, 2.24) is 5.32 Å². The van der Waals surface area contributed by atoms with Crippen LogP contribution in [0.5, 0.6) is 0 Å². The van der Waals surface area contributed by atoms with Gasteiger partial charge in [-0.15, -0.1) is 0 Å². The van der Waals surface area contributed by atoms with E-state index in [0.29, 0.717) is 12.5 Å². The van der Waals surface area contributed by atoms with E-state index in [0.717, 1.165) is 25.7 Å². The Balaban J connectivity index is 2.58. The molecule has 110 valence electrons. The minimum Gasteiger partial charge on any atom is -0.449 e. The van der Waals surface area contributed by atoms with Gasteiger partial charge in [0.15, 0.2) is 5.78 Å². The zero-order chi connectivity index (χ0) is 14.4. The van der Waals surface area contributed by atoms with Gasteiger partial charge in [0.05, 0.1) is 12.6 Å². The summed E-state index contributed by atoms with van der Waals surface area (Å²) >= 11 is 0. The van der Waals surface area contributed by atoms with Gasteiger partial charge in [-0.25, -0.2) is 4.79 Å². The van der Waals surface area contributed by atoms with E-state index in [2.05, 4.69) is 5.32 Å². The van der Waals surface area contributed by atoms with Crippen molar-refractivity contribution in [2.75, 3.05) is 6.61 Å². The first-order chi connectivity index (χ1) is 8.91. The number of ether oxygens (including phenoxy) is 1. The topological polar surface area (TPSA) is 55.4 Å². The Bertz CT molecular complexity index is 307. The van der Waals surface area contributed by atoms with Gasteiger partial charge < -0.3 is 10.1 Å². The summed E-state index contributed by atoms with van der Waals surface area (Å²) < 4.78 is 5.12. The SMILES string of the molecule is CC(C)COC(=O)NC(C(=O)C(C)C)C1CCCC1. The molecular formula is C15H27NO3. The van der Waals surface area contributed by atoms with Crippen LogP contribution in [0, 0.1) is 17.8 Å². The van der Waals surface area contributed by atoms with Crippen molar-refractivity contribution in [2.45, 2.75) is 59.4 Å². The molecule has 1 rings (SSSR count). The number of ketones is 1. The Morgan fingerprint density at radius 1 is 1.16 bits per heavy atom. The number of amides is 1. The van der Waals surface area contributed by atoms with Crippen molar-refractivity contribution in [2.24, 2.45) is 17.8 Å². The van der Waals surface area contributed by atoms with Crippen molar-refractivity contribution in [3.05, 3.63) is 0 Å². The number of Topliss-reactive ketones (excluding diaryl/α,β-unsaturated/α-hetero) is 1. The van der Waals surface area contributed by atoms with E-state index < -0.39 is 6.09 Å². The van der Waals surface area contributed by atoms with Gasteiger partial charge in [0, 0.05) is 5.92 Å². The predicted molar refractivity (Wildman–Crippen MR) is 74.9 cm³/mol. The Hall–Kier alpha value is -1.06.